The zero-order valence-electron chi connectivity index (χ0n) is 15.4. The van der Waals surface area contributed by atoms with Gasteiger partial charge in [0.15, 0.2) is 0 Å². The lowest BCUT2D eigenvalue weighted by atomic mass is 9.86. The summed E-state index contributed by atoms with van der Waals surface area (Å²) in [7, 11) is 0. The predicted molar refractivity (Wildman–Crippen MR) is 94.7 cm³/mol. The summed E-state index contributed by atoms with van der Waals surface area (Å²) in [6.45, 7) is 7.41. The Bertz CT molecular complexity index is 451. The molecule has 0 spiro atoms. The average Bonchev–Trinajstić information content (AvgIpc) is 2.58. The Morgan fingerprint density at radius 1 is 1.40 bits per heavy atom. The van der Waals surface area contributed by atoms with E-state index in [-0.39, 0.29) is 24.1 Å². The van der Waals surface area contributed by atoms with Gasteiger partial charge in [0.05, 0.1) is 5.92 Å². The molecule has 25 heavy (non-hydrogen) atoms. The Balaban J connectivity index is 2.52. The van der Waals surface area contributed by atoms with Crippen molar-refractivity contribution in [3.05, 3.63) is 12.7 Å². The molecular weight excluding hydrogens is 322 g/mol. The number of rotatable bonds is 14. The molecule has 1 aliphatic rings. The van der Waals surface area contributed by atoms with Crippen LogP contribution in [-0.4, -0.2) is 36.6 Å². The number of ether oxygens (including phenoxy) is 2. The topological polar surface area (TPSA) is 81.7 Å². The van der Waals surface area contributed by atoms with Crippen molar-refractivity contribution in [3.63, 3.8) is 0 Å². The summed E-state index contributed by atoms with van der Waals surface area (Å²) in [5.41, 5.74) is 0. The highest BCUT2D eigenvalue weighted by atomic mass is 16.6. The molecule has 0 aromatic rings. The monoisotopic (exact) mass is 353 g/mol. The van der Waals surface area contributed by atoms with Gasteiger partial charge in [0.2, 0.25) is 6.41 Å². The fourth-order valence-electron chi connectivity index (χ4n) is 2.93. The molecule has 0 bridgehead atoms. The number of amides is 1. The van der Waals surface area contributed by atoms with E-state index in [9.17, 15) is 14.4 Å². The standard InChI is InChI=1S/C19H31NO5/c1-4-6-8-9-11-16-17(25-19(16)23)12-15(10-7-5-2)24-18(22)14(3)20-13-21/h5,13-17H,2,4,6-12H2,1,3H3,(H,20,21)/t14-,15-,16-,17-/m0/s1. The summed E-state index contributed by atoms with van der Waals surface area (Å²) in [5.74, 6) is -0.718. The summed E-state index contributed by atoms with van der Waals surface area (Å²) in [4.78, 5) is 34.2. The normalized spacial score (nSPS) is 21.4. The van der Waals surface area contributed by atoms with Crippen LogP contribution in [0.1, 0.15) is 65.2 Å². The molecule has 4 atom stereocenters. The number of hydrogen-bond acceptors (Lipinski definition) is 5. The van der Waals surface area contributed by atoms with Crippen LogP contribution in [0.4, 0.5) is 0 Å². The molecule has 1 amide bonds. The van der Waals surface area contributed by atoms with Gasteiger partial charge in [-0.1, -0.05) is 38.7 Å². The van der Waals surface area contributed by atoms with Gasteiger partial charge in [0.1, 0.15) is 18.2 Å². The van der Waals surface area contributed by atoms with Gasteiger partial charge in [-0.15, -0.1) is 6.58 Å². The van der Waals surface area contributed by atoms with Gasteiger partial charge < -0.3 is 14.8 Å². The first-order valence-corrected chi connectivity index (χ1v) is 9.25. The number of carbonyl (C=O) groups excluding carboxylic acids is 3. The van der Waals surface area contributed by atoms with Crippen LogP contribution in [-0.2, 0) is 23.9 Å². The van der Waals surface area contributed by atoms with Gasteiger partial charge in [-0.3, -0.25) is 9.59 Å². The molecule has 1 heterocycles. The Morgan fingerprint density at radius 2 is 2.16 bits per heavy atom. The van der Waals surface area contributed by atoms with E-state index in [1.165, 1.54) is 6.42 Å². The number of carbonyl (C=O) groups is 3. The van der Waals surface area contributed by atoms with Crippen LogP contribution in [0.2, 0.25) is 0 Å². The third-order valence-electron chi connectivity index (χ3n) is 4.53. The zero-order valence-corrected chi connectivity index (χ0v) is 15.4. The highest BCUT2D eigenvalue weighted by molar-refractivity contribution is 5.79. The summed E-state index contributed by atoms with van der Waals surface area (Å²) in [5, 5.41) is 2.38. The van der Waals surface area contributed by atoms with Crippen LogP contribution in [0.25, 0.3) is 0 Å². The van der Waals surface area contributed by atoms with Crippen molar-refractivity contribution >= 4 is 18.3 Å². The zero-order chi connectivity index (χ0) is 18.7. The Morgan fingerprint density at radius 3 is 2.76 bits per heavy atom. The fourth-order valence-corrected chi connectivity index (χ4v) is 2.93. The van der Waals surface area contributed by atoms with Gasteiger partial charge in [0, 0.05) is 6.42 Å². The van der Waals surface area contributed by atoms with Gasteiger partial charge >= 0.3 is 11.9 Å². The molecule has 0 unspecified atom stereocenters. The lowest BCUT2D eigenvalue weighted by molar-refractivity contribution is -0.190. The van der Waals surface area contributed by atoms with Crippen molar-refractivity contribution < 1.29 is 23.9 Å². The minimum atomic E-state index is -0.697. The van der Waals surface area contributed by atoms with Crippen molar-refractivity contribution in [2.45, 2.75) is 83.5 Å². The Hall–Kier alpha value is -1.85. The van der Waals surface area contributed by atoms with E-state index < -0.39 is 12.0 Å². The summed E-state index contributed by atoms with van der Waals surface area (Å²) in [6.07, 6.45) is 8.83. The van der Waals surface area contributed by atoms with Crippen molar-refractivity contribution in [1.29, 1.82) is 0 Å². The summed E-state index contributed by atoms with van der Waals surface area (Å²) >= 11 is 0. The van der Waals surface area contributed by atoms with Crippen molar-refractivity contribution in [2.24, 2.45) is 5.92 Å². The van der Waals surface area contributed by atoms with E-state index in [1.807, 2.05) is 0 Å². The van der Waals surface area contributed by atoms with E-state index in [1.54, 1.807) is 13.0 Å². The van der Waals surface area contributed by atoms with Gasteiger partial charge in [-0.25, -0.2) is 4.79 Å². The van der Waals surface area contributed by atoms with E-state index in [2.05, 4.69) is 18.8 Å². The molecule has 1 aliphatic heterocycles. The Kier molecular flexibility index (Phi) is 9.88. The largest absolute Gasteiger partial charge is 0.461 e. The molecule has 142 valence electrons. The van der Waals surface area contributed by atoms with E-state index in [0.717, 1.165) is 25.7 Å². The molecule has 0 aromatic heterocycles. The molecule has 0 aliphatic carbocycles. The maximum Gasteiger partial charge on any atom is 0.328 e. The second-order valence-electron chi connectivity index (χ2n) is 6.60. The fraction of sp³-hybridized carbons (Fsp3) is 0.737. The molecule has 0 radical (unpaired) electrons. The number of nitrogens with one attached hydrogen (secondary N) is 1. The SMILES string of the molecule is C=CCC[C@@H](C[C@@H]1OC(=O)[C@H]1CCCCCC)OC(=O)[C@H](C)NC=O. The molecule has 6 nitrogen and oxygen atoms in total. The maximum atomic E-state index is 12.0. The maximum absolute atomic E-state index is 12.0. The van der Waals surface area contributed by atoms with Gasteiger partial charge in [0.25, 0.3) is 0 Å². The molecule has 0 aromatic carbocycles. The average molecular weight is 353 g/mol. The quantitative estimate of drug-likeness (QED) is 0.225. The molecule has 1 saturated heterocycles. The predicted octanol–water partition coefficient (Wildman–Crippen LogP) is 2.90. The molecule has 1 rings (SSSR count). The molecule has 1 N–H and O–H groups in total. The Labute approximate surface area is 150 Å². The first-order valence-electron chi connectivity index (χ1n) is 9.25. The molecule has 1 fully saturated rings. The van der Waals surface area contributed by atoms with Gasteiger partial charge in [-0.05, 0) is 26.2 Å². The second kappa shape index (κ2) is 11.7. The summed E-state index contributed by atoms with van der Waals surface area (Å²) in [6, 6.07) is -0.697. The lowest BCUT2D eigenvalue weighted by Crippen LogP contribution is -2.47. The second-order valence-corrected chi connectivity index (χ2v) is 6.60. The van der Waals surface area contributed by atoms with Crippen LogP contribution in [0.3, 0.4) is 0 Å². The smallest absolute Gasteiger partial charge is 0.328 e. The highest BCUT2D eigenvalue weighted by Gasteiger charge is 2.43. The molecular formula is C19H31NO5. The number of cyclic esters (lactones) is 1. The summed E-state index contributed by atoms with van der Waals surface area (Å²) < 4.78 is 10.8. The number of allylic oxidation sites excluding steroid dienone is 1. The van der Waals surface area contributed by atoms with Crippen molar-refractivity contribution in [1.82, 2.24) is 5.32 Å². The van der Waals surface area contributed by atoms with Crippen molar-refractivity contribution in [2.75, 3.05) is 0 Å². The van der Waals surface area contributed by atoms with Crippen LogP contribution in [0.15, 0.2) is 12.7 Å². The van der Waals surface area contributed by atoms with Crippen molar-refractivity contribution in [3.8, 4) is 0 Å². The van der Waals surface area contributed by atoms with Crippen LogP contribution >= 0.6 is 0 Å². The number of esters is 2. The van der Waals surface area contributed by atoms with E-state index >= 15 is 0 Å². The first kappa shape index (κ1) is 21.2. The van der Waals surface area contributed by atoms with Crippen LogP contribution < -0.4 is 5.32 Å². The molecule has 6 heteroatoms. The first-order chi connectivity index (χ1) is 12.0. The van der Waals surface area contributed by atoms with E-state index in [4.69, 9.17) is 9.47 Å². The van der Waals surface area contributed by atoms with E-state index in [0.29, 0.717) is 25.7 Å². The van der Waals surface area contributed by atoms with Crippen LogP contribution in [0, 0.1) is 5.92 Å². The van der Waals surface area contributed by atoms with Gasteiger partial charge in [-0.2, -0.15) is 0 Å². The number of hydrogen-bond donors (Lipinski definition) is 1. The van der Waals surface area contributed by atoms with Crippen LogP contribution in [0.5, 0.6) is 0 Å². The molecule has 0 saturated carbocycles. The number of unbranched alkanes of at least 4 members (excludes halogenated alkanes) is 3. The third kappa shape index (κ3) is 7.28. The minimum Gasteiger partial charge on any atom is -0.461 e. The lowest BCUT2D eigenvalue weighted by Gasteiger charge is -2.37. The highest BCUT2D eigenvalue weighted by Crippen LogP contribution is 2.32. The minimum absolute atomic E-state index is 0.0905. The third-order valence-corrected chi connectivity index (χ3v) is 4.53.